The molecule has 1 aliphatic rings. The van der Waals surface area contributed by atoms with Gasteiger partial charge in [0.1, 0.15) is 0 Å². The van der Waals surface area contributed by atoms with Gasteiger partial charge in [-0.25, -0.2) is 0 Å². The highest BCUT2D eigenvalue weighted by Crippen LogP contribution is 2.10. The zero-order chi connectivity index (χ0) is 14.9. The molecule has 1 saturated heterocycles. The third-order valence-corrected chi connectivity index (χ3v) is 3.90. The third-order valence-electron chi connectivity index (χ3n) is 3.90. The summed E-state index contributed by atoms with van der Waals surface area (Å²) in [6, 6.07) is 11.1. The molecule has 1 aromatic rings. The minimum absolute atomic E-state index is 0.107. The molecule has 0 spiro atoms. The highest BCUT2D eigenvalue weighted by molar-refractivity contribution is 5.69. The quantitative estimate of drug-likeness (QED) is 0.742. The molecule has 0 aromatic heterocycles. The molecule has 2 rings (SSSR count). The van der Waals surface area contributed by atoms with Crippen molar-refractivity contribution in [1.29, 1.82) is 0 Å². The molecule has 1 fully saturated rings. The van der Waals surface area contributed by atoms with Crippen LogP contribution < -0.4 is 5.32 Å². The van der Waals surface area contributed by atoms with Gasteiger partial charge in [-0.1, -0.05) is 30.3 Å². The van der Waals surface area contributed by atoms with Crippen LogP contribution in [0.1, 0.15) is 25.3 Å². The Bertz CT molecular complexity index is 422. The highest BCUT2D eigenvalue weighted by Gasteiger charge is 2.21. The maximum Gasteiger partial charge on any atom is 0.307 e. The smallest absolute Gasteiger partial charge is 0.307 e. The van der Waals surface area contributed by atoms with E-state index in [4.69, 9.17) is 4.74 Å². The monoisotopic (exact) mass is 290 g/mol. The lowest BCUT2D eigenvalue weighted by molar-refractivity contribution is -0.142. The molecule has 4 nitrogen and oxygen atoms in total. The number of nitrogens with zero attached hydrogens (tertiary/aromatic N) is 1. The Morgan fingerprint density at radius 3 is 2.95 bits per heavy atom. The molecule has 1 N–H and O–H groups in total. The van der Waals surface area contributed by atoms with Crippen molar-refractivity contribution in [3.63, 3.8) is 0 Å². The van der Waals surface area contributed by atoms with Crippen LogP contribution in [0, 0.1) is 0 Å². The lowest BCUT2D eigenvalue weighted by atomic mass is 10.1. The van der Waals surface area contributed by atoms with Crippen molar-refractivity contribution in [2.75, 3.05) is 32.8 Å². The molecule has 0 radical (unpaired) electrons. The zero-order valence-electron chi connectivity index (χ0n) is 12.9. The molecule has 1 unspecified atom stereocenters. The average Bonchev–Trinajstić information content (AvgIpc) is 2.94. The van der Waals surface area contributed by atoms with Gasteiger partial charge < -0.3 is 15.0 Å². The van der Waals surface area contributed by atoms with Crippen molar-refractivity contribution >= 4 is 5.97 Å². The molecule has 1 aliphatic heterocycles. The number of hydrogen-bond acceptors (Lipinski definition) is 4. The topological polar surface area (TPSA) is 41.6 Å². The van der Waals surface area contributed by atoms with Crippen molar-refractivity contribution in [2.45, 2.75) is 32.2 Å². The van der Waals surface area contributed by atoms with E-state index in [0.29, 0.717) is 19.1 Å². The van der Waals surface area contributed by atoms with E-state index in [9.17, 15) is 4.79 Å². The van der Waals surface area contributed by atoms with Crippen LogP contribution in [0.3, 0.4) is 0 Å². The van der Waals surface area contributed by atoms with Gasteiger partial charge in [0.05, 0.1) is 13.0 Å². The summed E-state index contributed by atoms with van der Waals surface area (Å²) in [6.45, 7) is 6.36. The highest BCUT2D eigenvalue weighted by atomic mass is 16.5. The summed E-state index contributed by atoms with van der Waals surface area (Å²) in [5.41, 5.74) is 1.40. The van der Waals surface area contributed by atoms with Crippen LogP contribution in [0.4, 0.5) is 0 Å². The van der Waals surface area contributed by atoms with Crippen molar-refractivity contribution in [3.8, 4) is 0 Å². The first-order chi connectivity index (χ1) is 10.3. The Morgan fingerprint density at radius 1 is 1.38 bits per heavy atom. The molecule has 116 valence electrons. The minimum Gasteiger partial charge on any atom is -0.466 e. The van der Waals surface area contributed by atoms with Crippen LogP contribution in [0.15, 0.2) is 30.3 Å². The van der Waals surface area contributed by atoms with Crippen LogP contribution in [0.5, 0.6) is 0 Å². The van der Waals surface area contributed by atoms with Crippen LogP contribution in [-0.4, -0.2) is 49.7 Å². The third kappa shape index (κ3) is 5.86. The second-order valence-electron chi connectivity index (χ2n) is 5.53. The molecular formula is C17H26N2O2. The number of carbonyl (C=O) groups is 1. The summed E-state index contributed by atoms with van der Waals surface area (Å²) >= 11 is 0. The van der Waals surface area contributed by atoms with Crippen molar-refractivity contribution < 1.29 is 9.53 Å². The van der Waals surface area contributed by atoms with Gasteiger partial charge in [-0.15, -0.1) is 0 Å². The molecule has 0 bridgehead atoms. The van der Waals surface area contributed by atoms with Gasteiger partial charge in [0.25, 0.3) is 0 Å². The Hall–Kier alpha value is -1.39. The Morgan fingerprint density at radius 2 is 2.19 bits per heavy atom. The van der Waals surface area contributed by atoms with Gasteiger partial charge >= 0.3 is 5.97 Å². The number of nitrogens with one attached hydrogen (secondary N) is 1. The maximum absolute atomic E-state index is 11.3. The minimum atomic E-state index is -0.107. The summed E-state index contributed by atoms with van der Waals surface area (Å²) in [5.74, 6) is -0.107. The van der Waals surface area contributed by atoms with Crippen molar-refractivity contribution in [2.24, 2.45) is 0 Å². The molecule has 0 aliphatic carbocycles. The molecule has 4 heteroatoms. The van der Waals surface area contributed by atoms with Crippen LogP contribution in [0.2, 0.25) is 0 Å². The summed E-state index contributed by atoms with van der Waals surface area (Å²) in [5, 5.41) is 3.46. The molecule has 21 heavy (non-hydrogen) atoms. The molecule has 0 saturated carbocycles. The molecule has 0 amide bonds. The number of carbonyl (C=O) groups excluding carboxylic acids is 1. The predicted octanol–water partition coefficient (Wildman–Crippen LogP) is 1.85. The van der Waals surface area contributed by atoms with Gasteiger partial charge in [-0.3, -0.25) is 4.79 Å². The first-order valence-electron chi connectivity index (χ1n) is 7.93. The Kier molecular flexibility index (Phi) is 6.70. The van der Waals surface area contributed by atoms with Crippen molar-refractivity contribution in [3.05, 3.63) is 35.9 Å². The molecular weight excluding hydrogens is 264 g/mol. The van der Waals surface area contributed by atoms with Gasteiger partial charge in [0, 0.05) is 25.7 Å². The molecule has 1 aromatic carbocycles. The Balaban J connectivity index is 1.59. The number of rotatable bonds is 8. The van der Waals surface area contributed by atoms with E-state index in [1.54, 1.807) is 0 Å². The van der Waals surface area contributed by atoms with Gasteiger partial charge in [-0.05, 0) is 31.9 Å². The SMILES string of the molecule is CCOC(=O)CCNC1CCN(CCc2ccccc2)C1. The van der Waals surface area contributed by atoms with E-state index in [1.807, 2.05) is 6.92 Å². The average molecular weight is 290 g/mol. The second-order valence-corrected chi connectivity index (χ2v) is 5.53. The van der Waals surface area contributed by atoms with E-state index < -0.39 is 0 Å². The largest absolute Gasteiger partial charge is 0.466 e. The van der Waals surface area contributed by atoms with Gasteiger partial charge in [0.2, 0.25) is 0 Å². The normalized spacial score (nSPS) is 18.8. The maximum atomic E-state index is 11.3. The summed E-state index contributed by atoms with van der Waals surface area (Å²) in [7, 11) is 0. The second kappa shape index (κ2) is 8.80. The summed E-state index contributed by atoms with van der Waals surface area (Å²) in [6.07, 6.45) is 2.74. The zero-order valence-corrected chi connectivity index (χ0v) is 12.9. The van der Waals surface area contributed by atoms with Crippen LogP contribution in [-0.2, 0) is 16.0 Å². The summed E-state index contributed by atoms with van der Waals surface area (Å²) < 4.78 is 4.93. The van der Waals surface area contributed by atoms with E-state index >= 15 is 0 Å². The van der Waals surface area contributed by atoms with Crippen molar-refractivity contribution in [1.82, 2.24) is 10.2 Å². The van der Waals surface area contributed by atoms with Crippen LogP contribution >= 0.6 is 0 Å². The fourth-order valence-corrected chi connectivity index (χ4v) is 2.75. The van der Waals surface area contributed by atoms with E-state index in [1.165, 1.54) is 5.56 Å². The van der Waals surface area contributed by atoms with Gasteiger partial charge in [0.15, 0.2) is 0 Å². The van der Waals surface area contributed by atoms with E-state index in [2.05, 4.69) is 40.5 Å². The lowest BCUT2D eigenvalue weighted by Gasteiger charge is -2.16. The lowest BCUT2D eigenvalue weighted by Crippen LogP contribution is -2.34. The molecule has 1 heterocycles. The summed E-state index contributed by atoms with van der Waals surface area (Å²) in [4.78, 5) is 13.8. The number of likely N-dealkylation sites (tertiary alicyclic amines) is 1. The number of esters is 1. The van der Waals surface area contributed by atoms with E-state index in [-0.39, 0.29) is 5.97 Å². The predicted molar refractivity (Wildman–Crippen MR) is 84.2 cm³/mol. The fourth-order valence-electron chi connectivity index (χ4n) is 2.75. The number of ether oxygens (including phenoxy) is 1. The fraction of sp³-hybridized carbons (Fsp3) is 0.588. The standard InChI is InChI=1S/C17H26N2O2/c1-2-21-17(20)8-11-18-16-10-13-19(14-16)12-9-15-6-4-3-5-7-15/h3-7,16,18H,2,8-14H2,1H3. The first-order valence-corrected chi connectivity index (χ1v) is 7.93. The molecule has 1 atom stereocenters. The number of benzene rings is 1. The number of hydrogen-bond donors (Lipinski definition) is 1. The first kappa shape index (κ1) is 16.0. The van der Waals surface area contributed by atoms with Crippen LogP contribution in [0.25, 0.3) is 0 Å². The Labute approximate surface area is 127 Å². The van der Waals surface area contributed by atoms with Gasteiger partial charge in [-0.2, -0.15) is 0 Å². The van der Waals surface area contributed by atoms with E-state index in [0.717, 1.165) is 39.0 Å².